The number of esters is 1. The summed E-state index contributed by atoms with van der Waals surface area (Å²) in [5.41, 5.74) is 1.94. The SMILES string of the molecule is CCOC(=O)C(Cc1ccc(-c2cccc(NC(C)=O)c2)nc1)NC(=O)C1(NC(=S)C(C(C)=O)C(C)C)CCCC1. The second-order valence-corrected chi connectivity index (χ2v) is 11.3. The zero-order chi connectivity index (χ0) is 30.2. The number of thiocarbonyl (C=S) groups is 1. The largest absolute Gasteiger partial charge is 0.464 e. The van der Waals surface area contributed by atoms with Crippen LogP contribution >= 0.6 is 12.2 Å². The lowest BCUT2D eigenvalue weighted by atomic mass is 9.89. The molecule has 3 N–H and O–H groups in total. The van der Waals surface area contributed by atoms with Crippen molar-refractivity contribution in [3.05, 3.63) is 48.2 Å². The van der Waals surface area contributed by atoms with E-state index in [0.29, 0.717) is 29.2 Å². The predicted octanol–water partition coefficient (Wildman–Crippen LogP) is 4.39. The van der Waals surface area contributed by atoms with Gasteiger partial charge < -0.3 is 20.7 Å². The summed E-state index contributed by atoms with van der Waals surface area (Å²) in [4.78, 5) is 55.3. The summed E-state index contributed by atoms with van der Waals surface area (Å²) in [6.45, 7) is 8.71. The summed E-state index contributed by atoms with van der Waals surface area (Å²) in [6.07, 6.45) is 4.60. The standard InChI is InChI=1S/C31H40N4O5S/c1-6-40-29(38)26(16-22-12-13-25(32-18-22)23-10-9-11-24(17-23)33-21(5)37)34-30(39)31(14-7-8-15-31)35-28(41)27(19(2)3)20(4)36/h9-13,17-19,26-27H,6-8,14-16H2,1-5H3,(H,33,37)(H,34,39)(H,35,41). The molecule has 41 heavy (non-hydrogen) atoms. The van der Waals surface area contributed by atoms with Crippen molar-refractivity contribution in [2.24, 2.45) is 11.8 Å². The van der Waals surface area contributed by atoms with E-state index in [-0.39, 0.29) is 36.5 Å². The van der Waals surface area contributed by atoms with Crippen molar-refractivity contribution in [1.82, 2.24) is 15.6 Å². The fourth-order valence-electron chi connectivity index (χ4n) is 5.30. The van der Waals surface area contributed by atoms with Gasteiger partial charge in [-0.3, -0.25) is 19.4 Å². The second kappa shape index (κ2) is 14.3. The Morgan fingerprint density at radius 3 is 2.34 bits per heavy atom. The molecule has 0 spiro atoms. The summed E-state index contributed by atoms with van der Waals surface area (Å²) < 4.78 is 5.29. The van der Waals surface area contributed by atoms with Crippen LogP contribution in [-0.2, 0) is 30.3 Å². The number of Topliss-reactive ketones (excluding diaryl/α,β-unsaturated/α-hetero) is 1. The minimum atomic E-state index is -0.995. The first kappa shape index (κ1) is 31.9. The number of nitrogens with one attached hydrogen (secondary N) is 3. The fourth-order valence-corrected chi connectivity index (χ4v) is 5.94. The van der Waals surface area contributed by atoms with E-state index < -0.39 is 23.5 Å². The molecule has 1 aromatic carbocycles. The third-order valence-corrected chi connectivity index (χ3v) is 7.62. The first-order valence-electron chi connectivity index (χ1n) is 14.1. The number of pyridine rings is 1. The summed E-state index contributed by atoms with van der Waals surface area (Å²) >= 11 is 5.62. The van der Waals surface area contributed by atoms with Crippen LogP contribution in [0.2, 0.25) is 0 Å². The lowest BCUT2D eigenvalue weighted by Gasteiger charge is -2.34. The fraction of sp³-hybridized carbons (Fsp3) is 0.484. The number of ether oxygens (including phenoxy) is 1. The van der Waals surface area contributed by atoms with E-state index in [1.165, 1.54) is 13.8 Å². The van der Waals surface area contributed by atoms with Gasteiger partial charge in [-0.25, -0.2) is 4.79 Å². The van der Waals surface area contributed by atoms with Crippen LogP contribution in [0.3, 0.4) is 0 Å². The maximum Gasteiger partial charge on any atom is 0.328 e. The lowest BCUT2D eigenvalue weighted by molar-refractivity contribution is -0.148. The molecule has 0 aliphatic heterocycles. The Balaban J connectivity index is 1.79. The van der Waals surface area contributed by atoms with E-state index in [9.17, 15) is 19.2 Å². The Morgan fingerprint density at radius 2 is 1.78 bits per heavy atom. The van der Waals surface area contributed by atoms with E-state index in [1.807, 2.05) is 44.2 Å². The molecule has 2 unspecified atom stereocenters. The highest BCUT2D eigenvalue weighted by Crippen LogP contribution is 2.31. The summed E-state index contributed by atoms with van der Waals surface area (Å²) in [6, 6.07) is 10.1. The smallest absolute Gasteiger partial charge is 0.328 e. The van der Waals surface area contributed by atoms with Crippen LogP contribution in [0.15, 0.2) is 42.6 Å². The minimum absolute atomic E-state index is 0.00959. The molecule has 0 saturated heterocycles. The molecule has 2 amide bonds. The van der Waals surface area contributed by atoms with Crippen LogP contribution in [0, 0.1) is 11.8 Å². The molecule has 0 bridgehead atoms. The van der Waals surface area contributed by atoms with Gasteiger partial charge in [-0.1, -0.05) is 57.1 Å². The van der Waals surface area contributed by atoms with Gasteiger partial charge in [-0.2, -0.15) is 0 Å². The van der Waals surface area contributed by atoms with Crippen LogP contribution < -0.4 is 16.0 Å². The Bertz CT molecular complexity index is 1270. The van der Waals surface area contributed by atoms with Gasteiger partial charge in [0, 0.05) is 30.8 Å². The van der Waals surface area contributed by atoms with Crippen molar-refractivity contribution in [2.45, 2.75) is 78.3 Å². The molecule has 1 fully saturated rings. The Morgan fingerprint density at radius 1 is 1.07 bits per heavy atom. The number of hydrogen-bond donors (Lipinski definition) is 3. The molecule has 1 heterocycles. The lowest BCUT2D eigenvalue weighted by Crippen LogP contribution is -2.61. The van der Waals surface area contributed by atoms with Gasteiger partial charge in [0.1, 0.15) is 17.4 Å². The van der Waals surface area contributed by atoms with Gasteiger partial charge in [0.05, 0.1) is 23.2 Å². The normalized spacial score (nSPS) is 15.5. The van der Waals surface area contributed by atoms with Gasteiger partial charge >= 0.3 is 5.97 Å². The number of anilines is 1. The van der Waals surface area contributed by atoms with Crippen molar-refractivity contribution in [3.8, 4) is 11.3 Å². The Kier molecular flexibility index (Phi) is 11.1. The quantitative estimate of drug-likeness (QED) is 0.249. The Hall–Kier alpha value is -3.66. The number of nitrogens with zero attached hydrogens (tertiary/aromatic N) is 1. The van der Waals surface area contributed by atoms with Crippen LogP contribution in [-0.4, -0.2) is 51.7 Å². The third kappa shape index (κ3) is 8.42. The topological polar surface area (TPSA) is 126 Å². The van der Waals surface area contributed by atoms with Gasteiger partial charge in [-0.15, -0.1) is 0 Å². The summed E-state index contributed by atoms with van der Waals surface area (Å²) in [7, 11) is 0. The zero-order valence-electron chi connectivity index (χ0n) is 24.4. The monoisotopic (exact) mass is 580 g/mol. The number of aromatic nitrogens is 1. The van der Waals surface area contributed by atoms with Gasteiger partial charge in [-0.05, 0) is 56.4 Å². The molecule has 2 atom stereocenters. The molecule has 1 aliphatic carbocycles. The number of amides is 2. The highest BCUT2D eigenvalue weighted by atomic mass is 32.1. The zero-order valence-corrected chi connectivity index (χ0v) is 25.2. The van der Waals surface area contributed by atoms with Crippen LogP contribution in [0.1, 0.15) is 65.9 Å². The highest BCUT2D eigenvalue weighted by molar-refractivity contribution is 7.80. The summed E-state index contributed by atoms with van der Waals surface area (Å²) in [5, 5.41) is 8.93. The molecule has 10 heteroatoms. The van der Waals surface area contributed by atoms with Crippen LogP contribution in [0.5, 0.6) is 0 Å². The van der Waals surface area contributed by atoms with E-state index >= 15 is 0 Å². The number of benzene rings is 1. The van der Waals surface area contributed by atoms with Crippen molar-refractivity contribution < 1.29 is 23.9 Å². The first-order chi connectivity index (χ1) is 19.5. The first-order valence-corrected chi connectivity index (χ1v) is 14.5. The van der Waals surface area contributed by atoms with Gasteiger partial charge in [0.15, 0.2) is 0 Å². The van der Waals surface area contributed by atoms with Crippen molar-refractivity contribution >= 4 is 46.5 Å². The Labute approximate surface area is 247 Å². The minimum Gasteiger partial charge on any atom is -0.464 e. The van der Waals surface area contributed by atoms with Crippen molar-refractivity contribution in [2.75, 3.05) is 11.9 Å². The average Bonchev–Trinajstić information content (AvgIpc) is 3.37. The van der Waals surface area contributed by atoms with E-state index in [4.69, 9.17) is 17.0 Å². The molecule has 9 nitrogen and oxygen atoms in total. The van der Waals surface area contributed by atoms with Gasteiger partial charge in [0.2, 0.25) is 11.8 Å². The molecule has 3 rings (SSSR count). The molecule has 1 aliphatic rings. The predicted molar refractivity (Wildman–Crippen MR) is 162 cm³/mol. The highest BCUT2D eigenvalue weighted by Gasteiger charge is 2.44. The number of hydrogen-bond acceptors (Lipinski definition) is 7. The molecule has 220 valence electrons. The molecule has 1 saturated carbocycles. The van der Waals surface area contributed by atoms with E-state index in [2.05, 4.69) is 20.9 Å². The number of ketones is 1. The molecule has 2 aromatic rings. The van der Waals surface area contributed by atoms with Crippen LogP contribution in [0.4, 0.5) is 5.69 Å². The number of carbonyl (C=O) groups is 4. The van der Waals surface area contributed by atoms with Crippen molar-refractivity contribution in [3.63, 3.8) is 0 Å². The van der Waals surface area contributed by atoms with E-state index in [1.54, 1.807) is 19.2 Å². The average molecular weight is 581 g/mol. The summed E-state index contributed by atoms with van der Waals surface area (Å²) in [5.74, 6) is -1.57. The van der Waals surface area contributed by atoms with Gasteiger partial charge in [0.25, 0.3) is 0 Å². The van der Waals surface area contributed by atoms with E-state index in [0.717, 1.165) is 24.0 Å². The van der Waals surface area contributed by atoms with Crippen molar-refractivity contribution in [1.29, 1.82) is 0 Å². The molecule has 0 radical (unpaired) electrons. The third-order valence-electron chi connectivity index (χ3n) is 7.26. The molecular weight excluding hydrogens is 540 g/mol. The second-order valence-electron chi connectivity index (χ2n) is 10.9. The molecular formula is C31H40N4O5S. The number of rotatable bonds is 12. The maximum absolute atomic E-state index is 13.8. The molecule has 1 aromatic heterocycles. The van der Waals surface area contributed by atoms with Crippen LogP contribution in [0.25, 0.3) is 11.3 Å². The maximum atomic E-state index is 13.8. The number of carbonyl (C=O) groups excluding carboxylic acids is 4.